The molecule has 6 rings (SSSR count). The molecule has 4 unspecified atom stereocenters. The van der Waals surface area contributed by atoms with Gasteiger partial charge in [-0.05, 0) is 18.1 Å². The number of aliphatic hydroxyl groups excluding tert-OH is 1. The highest BCUT2D eigenvalue weighted by Crippen LogP contribution is 2.46. The van der Waals surface area contributed by atoms with E-state index in [0.29, 0.717) is 32.5 Å². The van der Waals surface area contributed by atoms with Crippen molar-refractivity contribution in [2.24, 2.45) is 0 Å². The topological polar surface area (TPSA) is 205 Å². The van der Waals surface area contributed by atoms with Crippen molar-refractivity contribution < 1.29 is 23.5 Å². The Bertz CT molecular complexity index is 1630. The molecule has 4 aromatic heterocycles. The van der Waals surface area contributed by atoms with Gasteiger partial charge in [-0.15, -0.1) is 8.58 Å². The molecule has 2 aliphatic heterocycles. The monoisotopic (exact) mass is 564 g/mol. The molecule has 0 aromatic carbocycles. The van der Waals surface area contributed by atoms with Gasteiger partial charge in [-0.25, -0.2) is 9.97 Å². The maximum atomic E-state index is 12.8. The first-order valence-corrected chi connectivity index (χ1v) is 14.4. The molecule has 0 saturated carbocycles. The van der Waals surface area contributed by atoms with Crippen LogP contribution in [-0.4, -0.2) is 69.3 Å². The summed E-state index contributed by atoms with van der Waals surface area (Å²) in [6, 6.07) is 1.71. The lowest BCUT2D eigenvalue weighted by Crippen LogP contribution is -2.31. The van der Waals surface area contributed by atoms with Gasteiger partial charge in [-0.2, -0.15) is 4.98 Å². The number of aliphatic hydroxyl groups is 1. The third-order valence-corrected chi connectivity index (χ3v) is 9.56. The summed E-state index contributed by atoms with van der Waals surface area (Å²) in [5.41, 5.74) is 5.71. The average Bonchev–Trinajstić information content (AvgIpc) is 3.59. The number of ether oxygens (including phenoxy) is 1. The van der Waals surface area contributed by atoms with Crippen LogP contribution in [0, 0.1) is 0 Å². The van der Waals surface area contributed by atoms with Gasteiger partial charge in [0.25, 0.3) is 11.1 Å². The van der Waals surface area contributed by atoms with Crippen molar-refractivity contribution in [2.45, 2.75) is 55.7 Å². The summed E-state index contributed by atoms with van der Waals surface area (Å²) in [5.74, 6) is -0.118. The summed E-state index contributed by atoms with van der Waals surface area (Å²) in [6.07, 6.45) is 2.49. The van der Waals surface area contributed by atoms with Crippen LogP contribution in [-0.2, 0) is 18.3 Å². The number of H-pyrrole nitrogens is 2. The number of hydrogen-bond acceptors (Lipinski definition) is 11. The quantitative estimate of drug-likeness (QED) is 0.257. The van der Waals surface area contributed by atoms with E-state index in [2.05, 4.69) is 24.9 Å². The fourth-order valence-electron chi connectivity index (χ4n) is 5.08. The minimum atomic E-state index is -3.01. The zero-order valence-electron chi connectivity index (χ0n) is 20.1. The Labute approximate surface area is 216 Å². The predicted molar refractivity (Wildman–Crippen MR) is 139 cm³/mol. The number of rotatable bonds is 3. The van der Waals surface area contributed by atoms with Gasteiger partial charge in [-0.1, -0.05) is 6.92 Å². The number of hydrogen-bond donors (Lipinski definition) is 4. The van der Waals surface area contributed by atoms with Gasteiger partial charge < -0.3 is 34.2 Å². The minimum Gasteiger partial charge on any atom is -0.370 e. The highest BCUT2D eigenvalue weighted by atomic mass is 31.1. The number of aromatic amines is 2. The van der Waals surface area contributed by atoms with E-state index in [1.54, 1.807) is 12.3 Å². The summed E-state index contributed by atoms with van der Waals surface area (Å²) in [4.78, 5) is 41.6. The Morgan fingerprint density at radius 1 is 1.26 bits per heavy atom. The third kappa shape index (κ3) is 4.59. The summed E-state index contributed by atoms with van der Waals surface area (Å²) < 4.78 is 33.4. The second kappa shape index (κ2) is 9.99. The van der Waals surface area contributed by atoms with Crippen LogP contribution in [0.25, 0.3) is 22.2 Å². The summed E-state index contributed by atoms with van der Waals surface area (Å²) in [5, 5.41) is 11.6. The zero-order chi connectivity index (χ0) is 26.6. The summed E-state index contributed by atoms with van der Waals surface area (Å²) in [7, 11) is -2.60. The molecule has 0 bridgehead atoms. The Morgan fingerprint density at radius 3 is 2.95 bits per heavy atom. The Hall–Kier alpha value is -2.93. The predicted octanol–water partition coefficient (Wildman–Crippen LogP) is 0.849. The number of fused-ring (bicyclic) bond motifs is 3. The molecule has 4 aromatic rings. The first-order chi connectivity index (χ1) is 18.3. The maximum Gasteiger partial charge on any atom is 0.319 e. The largest absolute Gasteiger partial charge is 0.370 e. The van der Waals surface area contributed by atoms with Crippen molar-refractivity contribution in [2.75, 3.05) is 12.3 Å². The summed E-state index contributed by atoms with van der Waals surface area (Å²) >= 11 is 0. The van der Waals surface area contributed by atoms with Gasteiger partial charge >= 0.3 is 8.25 Å². The van der Waals surface area contributed by atoms with Crippen molar-refractivity contribution in [3.05, 3.63) is 45.6 Å². The first kappa shape index (κ1) is 25.4. The molecular weight excluding hydrogens is 538 g/mol. The van der Waals surface area contributed by atoms with Crippen LogP contribution in [0.3, 0.4) is 0 Å². The van der Waals surface area contributed by atoms with Gasteiger partial charge in [0.15, 0.2) is 17.4 Å². The van der Waals surface area contributed by atoms with Gasteiger partial charge in [0.2, 0.25) is 5.95 Å². The second-order valence-electron chi connectivity index (χ2n) is 9.37. The summed E-state index contributed by atoms with van der Waals surface area (Å²) in [6.45, 7) is 2.08. The fraction of sp³-hybridized carbons (Fsp3) is 0.476. The SMILES string of the molecule is CC1C[C@H]([C@@H](O)n2cnc3c(=O)[nH]c(N)nc32)O[PH](=O)OC[C@H]2O[C@@H](n3ccc4c(=O)[nH]cnc43)CC2P1. The van der Waals surface area contributed by atoms with Crippen LogP contribution < -0.4 is 16.9 Å². The fourth-order valence-corrected chi connectivity index (χ4v) is 7.74. The number of nitrogen functional groups attached to an aromatic ring is 1. The molecule has 2 saturated heterocycles. The molecule has 5 N–H and O–H groups in total. The number of imidazole rings is 1. The van der Waals surface area contributed by atoms with Crippen LogP contribution in [0.15, 0.2) is 34.5 Å². The van der Waals surface area contributed by atoms with Gasteiger partial charge in [0.1, 0.15) is 18.0 Å². The maximum absolute atomic E-state index is 12.8. The van der Waals surface area contributed by atoms with Crippen LogP contribution in [0.2, 0.25) is 0 Å². The normalized spacial score (nSPS) is 30.1. The van der Waals surface area contributed by atoms with Crippen LogP contribution in [0.4, 0.5) is 5.95 Å². The van der Waals surface area contributed by atoms with Crippen LogP contribution in [0.5, 0.6) is 0 Å². The van der Waals surface area contributed by atoms with E-state index in [0.717, 1.165) is 0 Å². The second-order valence-corrected chi connectivity index (χ2v) is 12.5. The Morgan fingerprint density at radius 2 is 2.11 bits per heavy atom. The standard InChI is InChI=1S/C21H26N8O7P2/c1-9-4-11(20(32)29-8-25-15-17(29)26-21(22)27-19(15)31)36-38(33)34-6-12-13(37-9)5-14(35-12)28-3-2-10-16(28)23-7-24-18(10)30/h2-3,7-9,11-14,20,32,37-38H,4-6H2,1H3,(H,23,24,30)(H3,22,26,27,31)/t9?,11-,12-,13?,14-,20-/m1/s1. The van der Waals surface area contributed by atoms with E-state index < -0.39 is 26.1 Å². The molecule has 6 heterocycles. The molecule has 17 heteroatoms. The molecular formula is C21H26N8O7P2. The van der Waals surface area contributed by atoms with E-state index in [1.165, 1.54) is 17.2 Å². The van der Waals surface area contributed by atoms with E-state index in [9.17, 15) is 19.3 Å². The molecule has 15 nitrogen and oxygen atoms in total. The van der Waals surface area contributed by atoms with Gasteiger partial charge in [-0.3, -0.25) is 23.7 Å². The molecule has 8 atom stereocenters. The lowest BCUT2D eigenvalue weighted by molar-refractivity contribution is -0.0335. The Balaban J connectivity index is 1.23. The molecule has 0 spiro atoms. The van der Waals surface area contributed by atoms with E-state index in [4.69, 9.17) is 19.5 Å². The highest BCUT2D eigenvalue weighted by molar-refractivity contribution is 7.39. The van der Waals surface area contributed by atoms with Crippen LogP contribution >= 0.6 is 16.8 Å². The zero-order valence-corrected chi connectivity index (χ0v) is 22.1. The van der Waals surface area contributed by atoms with E-state index in [-0.39, 0.29) is 52.9 Å². The van der Waals surface area contributed by atoms with Crippen molar-refractivity contribution in [1.29, 1.82) is 0 Å². The third-order valence-electron chi connectivity index (χ3n) is 6.83. The molecule has 2 aliphatic rings. The number of nitrogens with one attached hydrogen (secondary N) is 2. The van der Waals surface area contributed by atoms with E-state index in [1.807, 2.05) is 11.5 Å². The van der Waals surface area contributed by atoms with Crippen molar-refractivity contribution in [3.8, 4) is 0 Å². The molecule has 0 aliphatic carbocycles. The molecule has 38 heavy (non-hydrogen) atoms. The van der Waals surface area contributed by atoms with Gasteiger partial charge in [0.05, 0.1) is 30.8 Å². The number of anilines is 1. The number of aromatic nitrogens is 7. The molecule has 2 fully saturated rings. The van der Waals surface area contributed by atoms with Gasteiger partial charge in [0, 0.05) is 18.3 Å². The first-order valence-electron chi connectivity index (χ1n) is 12.0. The number of nitrogens with zero attached hydrogens (tertiary/aromatic N) is 5. The smallest absolute Gasteiger partial charge is 0.319 e. The average molecular weight is 564 g/mol. The molecule has 202 valence electrons. The molecule has 0 amide bonds. The van der Waals surface area contributed by atoms with Crippen molar-refractivity contribution >= 4 is 45.0 Å². The Kier molecular flexibility index (Phi) is 6.67. The molecule has 0 radical (unpaired) electrons. The number of nitrogens with two attached hydrogens (primary N) is 1. The highest BCUT2D eigenvalue weighted by Gasteiger charge is 2.40. The van der Waals surface area contributed by atoms with E-state index >= 15 is 0 Å². The van der Waals surface area contributed by atoms with Crippen LogP contribution in [0.1, 0.15) is 32.2 Å². The minimum absolute atomic E-state index is 0.0166. The lowest BCUT2D eigenvalue weighted by Gasteiger charge is -2.30. The lowest BCUT2D eigenvalue weighted by atomic mass is 10.2. The van der Waals surface area contributed by atoms with Crippen molar-refractivity contribution in [1.82, 2.24) is 34.1 Å². The van der Waals surface area contributed by atoms with Crippen molar-refractivity contribution in [3.63, 3.8) is 0 Å².